The summed E-state index contributed by atoms with van der Waals surface area (Å²) in [6, 6.07) is 17.0. The second-order valence-electron chi connectivity index (χ2n) is 9.13. The number of amides is 2. The van der Waals surface area contributed by atoms with E-state index >= 15 is 0 Å². The normalized spacial score (nSPS) is 24.5. The molecule has 3 aromatic rings. The molecule has 5 rings (SSSR count). The van der Waals surface area contributed by atoms with Gasteiger partial charge in [0.25, 0.3) is 5.91 Å². The first-order valence-electron chi connectivity index (χ1n) is 11.3. The maximum Gasteiger partial charge on any atom is 0.266 e. The van der Waals surface area contributed by atoms with Crippen molar-refractivity contribution in [3.05, 3.63) is 71.9 Å². The van der Waals surface area contributed by atoms with Crippen LogP contribution in [0.5, 0.6) is 5.75 Å². The van der Waals surface area contributed by atoms with Crippen LogP contribution in [0.3, 0.4) is 0 Å². The predicted molar refractivity (Wildman–Crippen MR) is 123 cm³/mol. The molecule has 2 aliphatic rings. The summed E-state index contributed by atoms with van der Waals surface area (Å²) in [6.45, 7) is 2.37. The Morgan fingerprint density at radius 1 is 1.18 bits per heavy atom. The lowest BCUT2D eigenvalue weighted by Crippen LogP contribution is -2.53. The fourth-order valence-electron chi connectivity index (χ4n) is 5.37. The molecule has 7 nitrogen and oxygen atoms in total. The number of benzene rings is 2. The van der Waals surface area contributed by atoms with Gasteiger partial charge in [-0.2, -0.15) is 0 Å². The number of piperidine rings is 1. The van der Waals surface area contributed by atoms with Gasteiger partial charge >= 0.3 is 0 Å². The van der Waals surface area contributed by atoms with Gasteiger partial charge in [0.15, 0.2) is 0 Å². The van der Waals surface area contributed by atoms with Crippen molar-refractivity contribution in [2.45, 2.75) is 56.7 Å². The van der Waals surface area contributed by atoms with Crippen LogP contribution in [0.2, 0.25) is 0 Å². The lowest BCUT2D eigenvalue weighted by molar-refractivity contribution is -0.147. The van der Waals surface area contributed by atoms with Gasteiger partial charge in [-0.25, -0.2) is 5.48 Å². The number of nitrogens with one attached hydrogen (secondary N) is 1. The van der Waals surface area contributed by atoms with Crippen LogP contribution in [0.25, 0.3) is 10.9 Å². The quantitative estimate of drug-likeness (QED) is 0.461. The lowest BCUT2D eigenvalue weighted by Gasteiger charge is -2.36. The molecule has 0 saturated carbocycles. The van der Waals surface area contributed by atoms with E-state index in [-0.39, 0.29) is 11.9 Å². The predicted octanol–water partition coefficient (Wildman–Crippen LogP) is 3.73. The molecule has 2 aromatic carbocycles. The van der Waals surface area contributed by atoms with E-state index in [0.29, 0.717) is 19.4 Å². The highest BCUT2D eigenvalue weighted by molar-refractivity contribution is 5.95. The number of aromatic nitrogens is 1. The topological polar surface area (TPSA) is 91.8 Å². The summed E-state index contributed by atoms with van der Waals surface area (Å²) in [7, 11) is 0. The third-order valence-electron chi connectivity index (χ3n) is 7.13. The third kappa shape index (κ3) is 3.72. The minimum absolute atomic E-state index is 0.00875. The van der Waals surface area contributed by atoms with Crippen LogP contribution in [0.15, 0.2) is 60.8 Å². The summed E-state index contributed by atoms with van der Waals surface area (Å²) in [6.07, 6.45) is 4.75. The number of hydroxylamine groups is 1. The third-order valence-corrected chi connectivity index (χ3v) is 7.13. The first kappa shape index (κ1) is 21.4. The van der Waals surface area contributed by atoms with Gasteiger partial charge in [0, 0.05) is 23.2 Å². The number of pyridine rings is 1. The van der Waals surface area contributed by atoms with Gasteiger partial charge in [-0.1, -0.05) is 30.3 Å². The van der Waals surface area contributed by atoms with Crippen LogP contribution < -0.4 is 10.2 Å². The summed E-state index contributed by atoms with van der Waals surface area (Å²) >= 11 is 0. The summed E-state index contributed by atoms with van der Waals surface area (Å²) in [5.41, 5.74) is 3.93. The summed E-state index contributed by atoms with van der Waals surface area (Å²) in [4.78, 5) is 31.7. The van der Waals surface area contributed by atoms with Gasteiger partial charge in [-0.3, -0.25) is 19.8 Å². The Morgan fingerprint density at radius 3 is 2.76 bits per heavy atom. The largest absolute Gasteiger partial charge is 0.489 e. The van der Waals surface area contributed by atoms with Crippen molar-refractivity contribution in [1.29, 1.82) is 0 Å². The smallest absolute Gasteiger partial charge is 0.266 e. The summed E-state index contributed by atoms with van der Waals surface area (Å²) in [5.74, 6) is 0.159. The first-order valence-corrected chi connectivity index (χ1v) is 11.3. The van der Waals surface area contributed by atoms with Crippen molar-refractivity contribution < 1.29 is 19.5 Å². The number of fused-ring (bicyclic) bond motifs is 2. The Morgan fingerprint density at radius 2 is 1.97 bits per heavy atom. The van der Waals surface area contributed by atoms with Gasteiger partial charge in [-0.05, 0) is 62.4 Å². The van der Waals surface area contributed by atoms with Gasteiger partial charge in [0.1, 0.15) is 18.4 Å². The molecule has 0 unspecified atom stereocenters. The molecule has 3 heterocycles. The Bertz CT molecular complexity index is 1190. The van der Waals surface area contributed by atoms with Gasteiger partial charge in [0.2, 0.25) is 5.91 Å². The van der Waals surface area contributed by atoms with E-state index in [4.69, 9.17) is 9.94 Å². The minimum atomic E-state index is -0.706. The number of ether oxygens (including phenoxy) is 1. The maximum atomic E-state index is 13.4. The van der Waals surface area contributed by atoms with Crippen LogP contribution in [0.1, 0.15) is 43.7 Å². The molecular formula is C26H27N3O4. The second kappa shape index (κ2) is 8.48. The Balaban J connectivity index is 1.33. The fraction of sp³-hybridized carbons (Fsp3) is 0.346. The van der Waals surface area contributed by atoms with E-state index in [1.165, 1.54) is 0 Å². The van der Waals surface area contributed by atoms with E-state index in [1.54, 1.807) is 16.6 Å². The highest BCUT2D eigenvalue weighted by Gasteiger charge is 2.53. The van der Waals surface area contributed by atoms with Crippen LogP contribution in [0.4, 0.5) is 0 Å². The molecule has 170 valence electrons. The Kier molecular flexibility index (Phi) is 5.50. The van der Waals surface area contributed by atoms with Gasteiger partial charge < -0.3 is 9.64 Å². The number of carbonyl (C=O) groups excluding carboxylic acids is 2. The molecule has 7 heteroatoms. The molecule has 0 spiro atoms. The molecule has 33 heavy (non-hydrogen) atoms. The molecule has 2 saturated heterocycles. The van der Waals surface area contributed by atoms with Crippen molar-refractivity contribution in [3.63, 3.8) is 0 Å². The molecule has 0 radical (unpaired) electrons. The molecule has 1 aromatic heterocycles. The number of para-hydroxylation sites is 1. The molecule has 0 aliphatic carbocycles. The van der Waals surface area contributed by atoms with Crippen LogP contribution >= 0.6 is 0 Å². The molecular weight excluding hydrogens is 418 g/mol. The maximum absolute atomic E-state index is 13.4. The Labute approximate surface area is 192 Å². The van der Waals surface area contributed by atoms with Crippen LogP contribution in [-0.2, 0) is 21.6 Å². The van der Waals surface area contributed by atoms with E-state index in [2.05, 4.69) is 4.98 Å². The van der Waals surface area contributed by atoms with Crippen molar-refractivity contribution in [1.82, 2.24) is 15.4 Å². The van der Waals surface area contributed by atoms with Gasteiger partial charge in [-0.15, -0.1) is 0 Å². The highest BCUT2D eigenvalue weighted by Crippen LogP contribution is 2.44. The molecule has 0 bridgehead atoms. The van der Waals surface area contributed by atoms with Crippen molar-refractivity contribution in [2.24, 2.45) is 0 Å². The molecule has 3 atom stereocenters. The number of rotatable bonds is 5. The summed E-state index contributed by atoms with van der Waals surface area (Å²) in [5, 5.41) is 10.2. The molecule has 2 fully saturated rings. The van der Waals surface area contributed by atoms with Crippen molar-refractivity contribution in [2.75, 3.05) is 0 Å². The van der Waals surface area contributed by atoms with Crippen molar-refractivity contribution in [3.8, 4) is 5.75 Å². The van der Waals surface area contributed by atoms with Gasteiger partial charge in [0.05, 0.1) is 10.9 Å². The minimum Gasteiger partial charge on any atom is -0.489 e. The number of carbonyl (C=O) groups is 2. The second-order valence-corrected chi connectivity index (χ2v) is 9.13. The first-order chi connectivity index (χ1) is 16.0. The number of hydrogen-bond acceptors (Lipinski definition) is 5. The summed E-state index contributed by atoms with van der Waals surface area (Å²) < 4.78 is 6.03. The SMILES string of the molecule is C[C@@]1(c2ccc(OCc3ccnc4ccccc34)cc2)C[C@H]2CCC[C@H](C(=O)NO)N2C1=O. The monoisotopic (exact) mass is 445 g/mol. The average molecular weight is 446 g/mol. The van der Waals surface area contributed by atoms with E-state index in [1.807, 2.05) is 61.5 Å². The molecule has 2 aliphatic heterocycles. The lowest BCUT2D eigenvalue weighted by atomic mass is 9.79. The molecule has 2 amide bonds. The highest BCUT2D eigenvalue weighted by atomic mass is 16.5. The Hall–Kier alpha value is -3.45. The zero-order valence-corrected chi connectivity index (χ0v) is 18.5. The van der Waals surface area contributed by atoms with E-state index in [9.17, 15) is 9.59 Å². The standard InChI is InChI=1S/C26H27N3O4/c1-26(15-19-5-4-8-23(24(30)28-32)29(19)25(26)31)18-9-11-20(12-10-18)33-16-17-13-14-27-22-7-3-2-6-21(17)22/h2-3,6-7,9-14,19,23,32H,4-5,8,15-16H2,1H3,(H,28,30)/t19-,23-,26+/m1/s1. The van der Waals surface area contributed by atoms with E-state index < -0.39 is 17.4 Å². The average Bonchev–Trinajstić information content (AvgIpc) is 3.13. The fourth-order valence-corrected chi connectivity index (χ4v) is 5.37. The van der Waals surface area contributed by atoms with E-state index in [0.717, 1.165) is 40.6 Å². The zero-order valence-electron chi connectivity index (χ0n) is 18.5. The van der Waals surface area contributed by atoms with Crippen molar-refractivity contribution >= 4 is 22.7 Å². The van der Waals surface area contributed by atoms with Crippen LogP contribution in [-0.4, -0.2) is 39.0 Å². The molecule has 2 N–H and O–H groups in total. The zero-order chi connectivity index (χ0) is 23.0. The number of nitrogens with zero attached hydrogens (tertiary/aromatic N) is 2. The van der Waals surface area contributed by atoms with Crippen LogP contribution in [0, 0.1) is 0 Å². The number of hydrogen-bond donors (Lipinski definition) is 2.